The Bertz CT molecular complexity index is 1010. The number of fused-ring (bicyclic) bond motifs is 1. The molecule has 2 amide bonds. The normalized spacial score (nSPS) is 11.4. The van der Waals surface area contributed by atoms with E-state index in [1.807, 2.05) is 0 Å². The van der Waals surface area contributed by atoms with Crippen LogP contribution < -0.4 is 10.6 Å². The molecule has 0 unspecified atom stereocenters. The molecule has 0 spiro atoms. The zero-order valence-corrected chi connectivity index (χ0v) is 14.0. The predicted octanol–water partition coefficient (Wildman–Crippen LogP) is 3.05. The van der Waals surface area contributed by atoms with Crippen LogP contribution in [0.2, 0.25) is 0 Å². The quantitative estimate of drug-likeness (QED) is 0.731. The van der Waals surface area contributed by atoms with Crippen molar-refractivity contribution in [2.24, 2.45) is 0 Å². The maximum atomic E-state index is 13.3. The molecule has 7 nitrogen and oxygen atoms in total. The van der Waals surface area contributed by atoms with E-state index in [0.717, 1.165) is 12.1 Å². The van der Waals surface area contributed by atoms with Crippen LogP contribution in [0, 0.1) is 0 Å². The monoisotopic (exact) mass is 377 g/mol. The molecule has 1 aromatic heterocycles. The van der Waals surface area contributed by atoms with E-state index in [2.05, 4.69) is 20.9 Å². The molecule has 140 valence electrons. The summed E-state index contributed by atoms with van der Waals surface area (Å²) in [5.74, 6) is -1.19. The lowest BCUT2D eigenvalue weighted by atomic mass is 10.1. The first-order valence-electron chi connectivity index (χ1n) is 7.81. The van der Waals surface area contributed by atoms with Crippen LogP contribution in [0.5, 0.6) is 0 Å². The Morgan fingerprint density at radius 1 is 1.11 bits per heavy atom. The number of amides is 2. The summed E-state index contributed by atoms with van der Waals surface area (Å²) in [5.41, 5.74) is -0.336. The number of nitrogens with one attached hydrogen (secondary N) is 2. The molecule has 27 heavy (non-hydrogen) atoms. The summed E-state index contributed by atoms with van der Waals surface area (Å²) in [6.45, 7) is 0.886. The van der Waals surface area contributed by atoms with Crippen molar-refractivity contribution in [1.82, 2.24) is 15.0 Å². The van der Waals surface area contributed by atoms with Crippen LogP contribution >= 0.6 is 0 Å². The number of hydrogen-bond acceptors (Lipinski definition) is 4. The molecule has 0 bridgehead atoms. The molecular formula is C17H14F3N5O2. The summed E-state index contributed by atoms with van der Waals surface area (Å²) in [7, 11) is 0. The molecular weight excluding hydrogens is 363 g/mol. The zero-order valence-electron chi connectivity index (χ0n) is 14.0. The summed E-state index contributed by atoms with van der Waals surface area (Å²) < 4.78 is 41.2. The minimum atomic E-state index is -4.71. The van der Waals surface area contributed by atoms with Crippen LogP contribution in [0.1, 0.15) is 12.5 Å². The summed E-state index contributed by atoms with van der Waals surface area (Å²) in [4.78, 5) is 23.3. The second-order valence-electron chi connectivity index (χ2n) is 5.72. The Hall–Kier alpha value is -3.43. The van der Waals surface area contributed by atoms with Crippen molar-refractivity contribution in [2.75, 3.05) is 10.6 Å². The average Bonchev–Trinajstić information content (AvgIpc) is 2.98. The topological polar surface area (TPSA) is 88.9 Å². The molecule has 0 saturated carbocycles. The molecule has 0 aliphatic heterocycles. The van der Waals surface area contributed by atoms with Gasteiger partial charge in [-0.25, -0.2) is 4.68 Å². The minimum absolute atomic E-state index is 0.0184. The SMILES string of the molecule is CC(=O)Nc1ccc(NC(=O)Cn2nnc3ccccc32)c(C(F)(F)F)c1. The number of anilines is 2. The summed E-state index contributed by atoms with van der Waals surface area (Å²) in [6, 6.07) is 10.0. The van der Waals surface area contributed by atoms with E-state index < -0.39 is 29.2 Å². The van der Waals surface area contributed by atoms with Gasteiger partial charge in [0.25, 0.3) is 0 Å². The number of alkyl halides is 3. The number of benzene rings is 2. The number of carbonyl (C=O) groups is 2. The fourth-order valence-corrected chi connectivity index (χ4v) is 2.53. The van der Waals surface area contributed by atoms with Crippen molar-refractivity contribution in [3.63, 3.8) is 0 Å². The van der Waals surface area contributed by atoms with E-state index in [1.165, 1.54) is 17.7 Å². The van der Waals surface area contributed by atoms with Crippen molar-refractivity contribution in [3.05, 3.63) is 48.0 Å². The van der Waals surface area contributed by atoms with E-state index in [-0.39, 0.29) is 12.2 Å². The smallest absolute Gasteiger partial charge is 0.326 e. The lowest BCUT2D eigenvalue weighted by Crippen LogP contribution is -2.22. The third-order valence-corrected chi connectivity index (χ3v) is 3.63. The van der Waals surface area contributed by atoms with E-state index >= 15 is 0 Å². The summed E-state index contributed by atoms with van der Waals surface area (Å²) in [5, 5.41) is 12.2. The summed E-state index contributed by atoms with van der Waals surface area (Å²) in [6.07, 6.45) is -4.71. The van der Waals surface area contributed by atoms with Gasteiger partial charge in [-0.3, -0.25) is 9.59 Å². The Labute approximate surface area is 151 Å². The van der Waals surface area contributed by atoms with Gasteiger partial charge in [-0.05, 0) is 30.3 Å². The van der Waals surface area contributed by atoms with Gasteiger partial charge in [0.15, 0.2) is 0 Å². The van der Waals surface area contributed by atoms with Crippen LogP contribution in [0.4, 0.5) is 24.5 Å². The number of carbonyl (C=O) groups excluding carboxylic acids is 2. The van der Waals surface area contributed by atoms with Gasteiger partial charge in [0, 0.05) is 12.6 Å². The van der Waals surface area contributed by atoms with Crippen molar-refractivity contribution >= 4 is 34.2 Å². The van der Waals surface area contributed by atoms with Gasteiger partial charge >= 0.3 is 6.18 Å². The molecule has 0 fully saturated rings. The van der Waals surface area contributed by atoms with E-state index in [4.69, 9.17) is 0 Å². The molecule has 0 aliphatic carbocycles. The van der Waals surface area contributed by atoms with Crippen LogP contribution in [0.15, 0.2) is 42.5 Å². The highest BCUT2D eigenvalue weighted by Crippen LogP contribution is 2.36. The average molecular weight is 377 g/mol. The standard InChI is InChI=1S/C17H14F3N5O2/c1-10(26)21-11-6-7-13(12(8-11)17(18,19)20)22-16(27)9-25-15-5-3-2-4-14(15)23-24-25/h2-8H,9H2,1H3,(H,21,26)(H,22,27). The molecule has 2 aromatic carbocycles. The molecule has 2 N–H and O–H groups in total. The van der Waals surface area contributed by atoms with E-state index in [1.54, 1.807) is 24.3 Å². The van der Waals surface area contributed by atoms with Gasteiger partial charge in [-0.1, -0.05) is 17.3 Å². The van der Waals surface area contributed by atoms with Crippen LogP contribution in [-0.4, -0.2) is 26.8 Å². The van der Waals surface area contributed by atoms with E-state index in [9.17, 15) is 22.8 Å². The largest absolute Gasteiger partial charge is 0.418 e. The van der Waals surface area contributed by atoms with Gasteiger partial charge in [0.05, 0.1) is 16.8 Å². The second kappa shape index (κ2) is 7.06. The lowest BCUT2D eigenvalue weighted by Gasteiger charge is -2.15. The molecule has 0 aliphatic rings. The van der Waals surface area contributed by atoms with Gasteiger partial charge in [-0.15, -0.1) is 5.10 Å². The molecule has 3 aromatic rings. The molecule has 0 atom stereocenters. The third kappa shape index (κ3) is 4.22. The molecule has 0 radical (unpaired) electrons. The van der Waals surface area contributed by atoms with Crippen molar-refractivity contribution in [2.45, 2.75) is 19.6 Å². The summed E-state index contributed by atoms with van der Waals surface area (Å²) >= 11 is 0. The van der Waals surface area contributed by atoms with Gasteiger partial charge in [0.1, 0.15) is 12.1 Å². The maximum absolute atomic E-state index is 13.3. The van der Waals surface area contributed by atoms with Crippen molar-refractivity contribution in [1.29, 1.82) is 0 Å². The van der Waals surface area contributed by atoms with Crippen molar-refractivity contribution in [3.8, 4) is 0 Å². The first-order chi connectivity index (χ1) is 12.7. The number of para-hydroxylation sites is 1. The second-order valence-corrected chi connectivity index (χ2v) is 5.72. The van der Waals surface area contributed by atoms with Crippen LogP contribution in [-0.2, 0) is 22.3 Å². The Morgan fingerprint density at radius 3 is 2.56 bits per heavy atom. The Balaban J connectivity index is 1.83. The lowest BCUT2D eigenvalue weighted by molar-refractivity contribution is -0.137. The fourth-order valence-electron chi connectivity index (χ4n) is 2.53. The molecule has 1 heterocycles. The first-order valence-corrected chi connectivity index (χ1v) is 7.81. The predicted molar refractivity (Wildman–Crippen MR) is 91.9 cm³/mol. The highest BCUT2D eigenvalue weighted by molar-refractivity contribution is 5.93. The van der Waals surface area contributed by atoms with Crippen LogP contribution in [0.3, 0.4) is 0 Å². The third-order valence-electron chi connectivity index (χ3n) is 3.63. The minimum Gasteiger partial charge on any atom is -0.326 e. The highest BCUT2D eigenvalue weighted by Gasteiger charge is 2.34. The Kier molecular flexibility index (Phi) is 4.80. The van der Waals surface area contributed by atoms with Gasteiger partial charge < -0.3 is 10.6 Å². The molecule has 10 heteroatoms. The number of rotatable bonds is 4. The number of aromatic nitrogens is 3. The Morgan fingerprint density at radius 2 is 1.85 bits per heavy atom. The van der Waals surface area contributed by atoms with Gasteiger partial charge in [0.2, 0.25) is 11.8 Å². The molecule has 0 saturated heterocycles. The fraction of sp³-hybridized carbons (Fsp3) is 0.176. The van der Waals surface area contributed by atoms with Crippen molar-refractivity contribution < 1.29 is 22.8 Å². The molecule has 3 rings (SSSR count). The van der Waals surface area contributed by atoms with E-state index in [0.29, 0.717) is 11.0 Å². The maximum Gasteiger partial charge on any atom is 0.418 e. The number of nitrogens with zero attached hydrogens (tertiary/aromatic N) is 3. The number of halogens is 3. The van der Waals surface area contributed by atoms with Gasteiger partial charge in [-0.2, -0.15) is 13.2 Å². The zero-order chi connectivity index (χ0) is 19.6. The number of hydrogen-bond donors (Lipinski definition) is 2. The first kappa shape index (κ1) is 18.4. The highest BCUT2D eigenvalue weighted by atomic mass is 19.4. The van der Waals surface area contributed by atoms with Crippen LogP contribution in [0.25, 0.3) is 11.0 Å².